The summed E-state index contributed by atoms with van der Waals surface area (Å²) in [5.41, 5.74) is 6.81. The summed E-state index contributed by atoms with van der Waals surface area (Å²) in [5.74, 6) is 0.867. The predicted molar refractivity (Wildman–Crippen MR) is 45.7 cm³/mol. The molecule has 0 heterocycles. The van der Waals surface area contributed by atoms with Gasteiger partial charge in [-0.15, -0.1) is 0 Å². The number of methoxy groups -OCH3 is 1. The van der Waals surface area contributed by atoms with E-state index in [-0.39, 0.29) is 0 Å². The lowest BCUT2D eigenvalue weighted by atomic mass is 10.3. The van der Waals surface area contributed by atoms with Crippen LogP contribution in [0.1, 0.15) is 0 Å². The summed E-state index contributed by atoms with van der Waals surface area (Å²) in [7, 11) is 3.48. The molecule has 0 radical (unpaired) electrons. The fraction of sp³-hybridized carbons (Fsp3) is 0.250. The van der Waals surface area contributed by atoms with E-state index in [0.29, 0.717) is 0 Å². The lowest BCUT2D eigenvalue weighted by molar-refractivity contribution is 0.415. The lowest BCUT2D eigenvalue weighted by Crippen LogP contribution is -2.14. The number of benzene rings is 1. The second-order valence-corrected chi connectivity index (χ2v) is 2.10. The summed E-state index contributed by atoms with van der Waals surface area (Å²) in [5, 5.41) is 0. The molecule has 0 aliphatic heterocycles. The Hall–Kier alpha value is -1.22. The summed E-state index contributed by atoms with van der Waals surface area (Å²) < 4.78 is 5.00. The highest BCUT2D eigenvalue weighted by Gasteiger charge is 1.89. The summed E-state index contributed by atoms with van der Waals surface area (Å²) >= 11 is 0. The van der Waals surface area contributed by atoms with E-state index in [4.69, 9.17) is 4.74 Å². The molecule has 3 nitrogen and oxygen atoms in total. The number of hydrazine groups is 1. The molecule has 0 aliphatic rings. The number of rotatable bonds is 3. The second kappa shape index (κ2) is 3.83. The highest BCUT2D eigenvalue weighted by atomic mass is 16.5. The summed E-state index contributed by atoms with van der Waals surface area (Å²) in [6.45, 7) is 0. The minimum atomic E-state index is 0.867. The first-order valence-corrected chi connectivity index (χ1v) is 3.43. The van der Waals surface area contributed by atoms with E-state index in [2.05, 4.69) is 10.9 Å². The van der Waals surface area contributed by atoms with Crippen LogP contribution in [0.15, 0.2) is 24.3 Å². The largest absolute Gasteiger partial charge is 0.497 e. The van der Waals surface area contributed by atoms with Crippen molar-refractivity contribution in [1.82, 2.24) is 5.43 Å². The minimum absolute atomic E-state index is 0.867. The van der Waals surface area contributed by atoms with E-state index in [9.17, 15) is 0 Å². The van der Waals surface area contributed by atoms with Crippen molar-refractivity contribution in [3.05, 3.63) is 24.3 Å². The molecule has 0 fully saturated rings. The normalized spacial score (nSPS) is 9.27. The first-order chi connectivity index (χ1) is 5.36. The van der Waals surface area contributed by atoms with Crippen molar-refractivity contribution >= 4 is 5.69 Å². The van der Waals surface area contributed by atoms with Gasteiger partial charge in [0.05, 0.1) is 7.11 Å². The van der Waals surface area contributed by atoms with Gasteiger partial charge in [0.25, 0.3) is 0 Å². The summed E-state index contributed by atoms with van der Waals surface area (Å²) in [6, 6.07) is 7.68. The van der Waals surface area contributed by atoms with Gasteiger partial charge in [-0.3, -0.25) is 0 Å². The van der Waals surface area contributed by atoms with Crippen LogP contribution in [0.25, 0.3) is 0 Å². The van der Waals surface area contributed by atoms with Gasteiger partial charge in [-0.25, -0.2) is 5.43 Å². The van der Waals surface area contributed by atoms with Crippen molar-refractivity contribution in [3.63, 3.8) is 0 Å². The molecule has 1 rings (SSSR count). The van der Waals surface area contributed by atoms with Crippen molar-refractivity contribution in [2.45, 2.75) is 0 Å². The Balaban J connectivity index is 2.66. The first-order valence-electron chi connectivity index (χ1n) is 3.43. The molecule has 3 heteroatoms. The van der Waals surface area contributed by atoms with Gasteiger partial charge in [-0.2, -0.15) is 0 Å². The van der Waals surface area contributed by atoms with E-state index in [1.807, 2.05) is 31.3 Å². The lowest BCUT2D eigenvalue weighted by Gasteiger charge is -2.04. The summed E-state index contributed by atoms with van der Waals surface area (Å²) in [6.07, 6.45) is 0. The Morgan fingerprint density at radius 2 is 1.82 bits per heavy atom. The van der Waals surface area contributed by atoms with Gasteiger partial charge in [0.1, 0.15) is 5.75 Å². The van der Waals surface area contributed by atoms with Crippen molar-refractivity contribution < 1.29 is 4.74 Å². The Morgan fingerprint density at radius 1 is 1.18 bits per heavy atom. The van der Waals surface area contributed by atoms with Gasteiger partial charge in [0.2, 0.25) is 0 Å². The van der Waals surface area contributed by atoms with Crippen LogP contribution in [-0.4, -0.2) is 14.2 Å². The SMILES string of the molecule is CNNc1ccc(OC)cc1. The highest BCUT2D eigenvalue weighted by Crippen LogP contribution is 2.13. The monoisotopic (exact) mass is 152 g/mol. The van der Waals surface area contributed by atoms with Gasteiger partial charge >= 0.3 is 0 Å². The molecule has 0 saturated carbocycles. The highest BCUT2D eigenvalue weighted by molar-refractivity contribution is 5.45. The Morgan fingerprint density at radius 3 is 2.27 bits per heavy atom. The topological polar surface area (TPSA) is 33.3 Å². The maximum Gasteiger partial charge on any atom is 0.119 e. The van der Waals surface area contributed by atoms with Crippen molar-refractivity contribution in [2.24, 2.45) is 0 Å². The minimum Gasteiger partial charge on any atom is -0.497 e. The van der Waals surface area contributed by atoms with Crippen LogP contribution in [0.4, 0.5) is 5.69 Å². The van der Waals surface area contributed by atoms with Crippen LogP contribution < -0.4 is 15.6 Å². The average Bonchev–Trinajstić information content (AvgIpc) is 2.07. The van der Waals surface area contributed by atoms with Crippen molar-refractivity contribution in [3.8, 4) is 5.75 Å². The molecule has 0 amide bonds. The quantitative estimate of drug-likeness (QED) is 0.639. The molecule has 0 spiro atoms. The van der Waals surface area contributed by atoms with Crippen LogP contribution in [0.2, 0.25) is 0 Å². The smallest absolute Gasteiger partial charge is 0.119 e. The Kier molecular flexibility index (Phi) is 2.74. The number of ether oxygens (including phenoxy) is 1. The van der Waals surface area contributed by atoms with Crippen LogP contribution >= 0.6 is 0 Å². The third kappa shape index (κ3) is 2.13. The van der Waals surface area contributed by atoms with E-state index >= 15 is 0 Å². The van der Waals surface area contributed by atoms with Gasteiger partial charge in [-0.05, 0) is 24.3 Å². The molecule has 0 aliphatic carbocycles. The number of anilines is 1. The van der Waals surface area contributed by atoms with E-state index in [0.717, 1.165) is 11.4 Å². The molecular formula is C8H12N2O. The fourth-order valence-electron chi connectivity index (χ4n) is 0.819. The van der Waals surface area contributed by atoms with Crippen LogP contribution in [0, 0.1) is 0 Å². The van der Waals surface area contributed by atoms with Crippen molar-refractivity contribution in [1.29, 1.82) is 0 Å². The fourth-order valence-corrected chi connectivity index (χ4v) is 0.819. The number of hydrogen-bond donors (Lipinski definition) is 2. The van der Waals surface area contributed by atoms with Crippen LogP contribution in [-0.2, 0) is 0 Å². The standard InChI is InChI=1S/C8H12N2O/c1-9-10-7-3-5-8(11-2)6-4-7/h3-6,9-10H,1-2H3. The zero-order chi connectivity index (χ0) is 8.10. The molecule has 11 heavy (non-hydrogen) atoms. The van der Waals surface area contributed by atoms with Gasteiger partial charge in [0.15, 0.2) is 0 Å². The van der Waals surface area contributed by atoms with E-state index < -0.39 is 0 Å². The number of nitrogens with one attached hydrogen (secondary N) is 2. The molecule has 1 aromatic carbocycles. The molecule has 0 atom stereocenters. The molecule has 2 N–H and O–H groups in total. The van der Waals surface area contributed by atoms with Gasteiger partial charge in [0, 0.05) is 12.7 Å². The second-order valence-electron chi connectivity index (χ2n) is 2.10. The molecule has 0 saturated heterocycles. The van der Waals surface area contributed by atoms with E-state index in [1.54, 1.807) is 7.11 Å². The maximum absolute atomic E-state index is 5.00. The first kappa shape index (κ1) is 7.88. The average molecular weight is 152 g/mol. The van der Waals surface area contributed by atoms with Crippen LogP contribution in [0.5, 0.6) is 5.75 Å². The Bertz CT molecular complexity index is 208. The summed E-state index contributed by atoms with van der Waals surface area (Å²) in [4.78, 5) is 0. The third-order valence-electron chi connectivity index (χ3n) is 1.36. The van der Waals surface area contributed by atoms with Gasteiger partial charge in [-0.1, -0.05) is 0 Å². The number of hydrogen-bond acceptors (Lipinski definition) is 3. The zero-order valence-corrected chi connectivity index (χ0v) is 6.72. The van der Waals surface area contributed by atoms with E-state index in [1.165, 1.54) is 0 Å². The molecule has 60 valence electrons. The predicted octanol–water partition coefficient (Wildman–Crippen LogP) is 1.24. The zero-order valence-electron chi connectivity index (χ0n) is 6.72. The van der Waals surface area contributed by atoms with Gasteiger partial charge < -0.3 is 10.2 Å². The molecule has 0 aromatic heterocycles. The van der Waals surface area contributed by atoms with Crippen LogP contribution in [0.3, 0.4) is 0 Å². The Labute approximate surface area is 66.3 Å². The maximum atomic E-state index is 5.00. The third-order valence-corrected chi connectivity index (χ3v) is 1.36. The van der Waals surface area contributed by atoms with Crippen molar-refractivity contribution in [2.75, 3.05) is 19.6 Å². The molecule has 0 bridgehead atoms. The molecular weight excluding hydrogens is 140 g/mol. The molecule has 1 aromatic rings. The molecule has 0 unspecified atom stereocenters.